The van der Waals surface area contributed by atoms with Gasteiger partial charge in [0.25, 0.3) is 0 Å². The molecule has 1 aromatic carbocycles. The van der Waals surface area contributed by atoms with Gasteiger partial charge in [0.2, 0.25) is 11.9 Å². The predicted molar refractivity (Wildman–Crippen MR) is 140 cm³/mol. The van der Waals surface area contributed by atoms with E-state index in [1.54, 1.807) is 18.6 Å². The van der Waals surface area contributed by atoms with Gasteiger partial charge in [0.05, 0.1) is 30.2 Å². The van der Waals surface area contributed by atoms with Crippen molar-refractivity contribution in [3.63, 3.8) is 0 Å². The molecule has 1 fully saturated rings. The van der Waals surface area contributed by atoms with Gasteiger partial charge in [0.15, 0.2) is 0 Å². The second kappa shape index (κ2) is 12.0. The summed E-state index contributed by atoms with van der Waals surface area (Å²) in [4.78, 5) is 22.3. The van der Waals surface area contributed by atoms with E-state index in [2.05, 4.69) is 42.9 Å². The number of fused-ring (bicyclic) bond motifs is 1. The van der Waals surface area contributed by atoms with E-state index in [4.69, 9.17) is 4.74 Å². The number of carbonyl (C=O) groups excluding carboxylic acids is 1. The molecule has 8 nitrogen and oxygen atoms in total. The van der Waals surface area contributed by atoms with Gasteiger partial charge in [0.1, 0.15) is 5.75 Å². The summed E-state index contributed by atoms with van der Waals surface area (Å²) in [6.07, 6.45) is 17.7. The summed E-state index contributed by atoms with van der Waals surface area (Å²) in [5, 5.41) is 13.3. The molecule has 1 aliphatic carbocycles. The van der Waals surface area contributed by atoms with Gasteiger partial charge >= 0.3 is 0 Å². The van der Waals surface area contributed by atoms with E-state index >= 15 is 0 Å². The van der Waals surface area contributed by atoms with Crippen molar-refractivity contribution in [2.75, 3.05) is 11.9 Å². The van der Waals surface area contributed by atoms with Crippen LogP contribution in [0, 0.1) is 5.92 Å². The lowest BCUT2D eigenvalue weighted by molar-refractivity contribution is -0.126. The van der Waals surface area contributed by atoms with E-state index in [9.17, 15) is 4.79 Å². The first kappa shape index (κ1) is 24.3. The van der Waals surface area contributed by atoms with Crippen LogP contribution in [0.15, 0.2) is 42.9 Å². The van der Waals surface area contributed by atoms with Gasteiger partial charge in [-0.3, -0.25) is 9.89 Å². The Balaban J connectivity index is 1.31. The molecule has 0 radical (unpaired) electrons. The molecule has 1 saturated carbocycles. The number of rotatable bonds is 5. The fourth-order valence-corrected chi connectivity index (χ4v) is 5.27. The lowest BCUT2D eigenvalue weighted by atomic mass is 9.90. The van der Waals surface area contributed by atoms with Crippen molar-refractivity contribution in [2.45, 2.75) is 76.7 Å². The highest BCUT2D eigenvalue weighted by molar-refractivity contribution is 5.79. The van der Waals surface area contributed by atoms with E-state index in [1.165, 1.54) is 32.1 Å². The average molecular weight is 489 g/mol. The molecule has 1 unspecified atom stereocenters. The van der Waals surface area contributed by atoms with Gasteiger partial charge < -0.3 is 15.4 Å². The molecular weight excluding hydrogens is 452 g/mol. The maximum atomic E-state index is 13.3. The minimum Gasteiger partial charge on any atom is -0.493 e. The number of hydrogen-bond donors (Lipinski definition) is 3. The van der Waals surface area contributed by atoms with Crippen molar-refractivity contribution >= 4 is 17.5 Å². The number of nitrogens with zero attached hydrogens (tertiary/aromatic N) is 3. The normalized spacial score (nSPS) is 19.4. The van der Waals surface area contributed by atoms with Crippen molar-refractivity contribution in [3.05, 3.63) is 48.4 Å². The molecule has 36 heavy (non-hydrogen) atoms. The molecule has 3 N–H and O–H groups in total. The molecule has 8 heteroatoms. The molecule has 1 atom stereocenters. The number of nitrogens with one attached hydrogen (secondary N) is 3. The number of amides is 1. The first-order valence-electron chi connectivity index (χ1n) is 13.4. The Morgan fingerprint density at radius 1 is 0.972 bits per heavy atom. The van der Waals surface area contributed by atoms with Crippen molar-refractivity contribution in [1.29, 1.82) is 0 Å². The molecule has 3 heterocycles. The van der Waals surface area contributed by atoms with Crippen LogP contribution in [0.3, 0.4) is 0 Å². The molecular formula is C28H36N6O2. The van der Waals surface area contributed by atoms with E-state index in [1.807, 2.05) is 12.1 Å². The predicted octanol–water partition coefficient (Wildman–Crippen LogP) is 6.08. The Bertz CT molecular complexity index is 1120. The standard InChI is InChI=1S/C28H36N6O2/c35-27(20-9-6-4-2-1-3-5-7-10-20)33-25-11-8-16-36-26-17-21(12-13-23(25)26)24-14-15-29-28(34-24)32-22-18-30-31-19-22/h12-15,17-20,25H,1-11,16H2,(H,30,31)(H,33,35)(H,29,32,34). The van der Waals surface area contributed by atoms with Crippen LogP contribution >= 0.6 is 0 Å². The molecule has 190 valence electrons. The highest BCUT2D eigenvalue weighted by Crippen LogP contribution is 2.35. The average Bonchev–Trinajstić information content (AvgIpc) is 3.33. The zero-order chi connectivity index (χ0) is 24.6. The molecule has 0 bridgehead atoms. The topological polar surface area (TPSA) is 105 Å². The highest BCUT2D eigenvalue weighted by Gasteiger charge is 2.26. The van der Waals surface area contributed by atoms with Crippen LogP contribution in [0.25, 0.3) is 11.3 Å². The van der Waals surface area contributed by atoms with Crippen LogP contribution in [-0.2, 0) is 4.79 Å². The Labute approximate surface area is 212 Å². The first-order chi connectivity index (χ1) is 17.8. The number of H-pyrrole nitrogens is 1. The van der Waals surface area contributed by atoms with Gasteiger partial charge in [-0.25, -0.2) is 9.97 Å². The fraction of sp³-hybridized carbons (Fsp3) is 0.500. The van der Waals surface area contributed by atoms with Gasteiger partial charge in [-0.2, -0.15) is 5.10 Å². The van der Waals surface area contributed by atoms with E-state index < -0.39 is 0 Å². The number of ether oxygens (including phenoxy) is 1. The summed E-state index contributed by atoms with van der Waals surface area (Å²) in [5.74, 6) is 1.66. The van der Waals surface area contributed by atoms with E-state index in [0.717, 1.165) is 66.8 Å². The zero-order valence-corrected chi connectivity index (χ0v) is 20.8. The lowest BCUT2D eigenvalue weighted by Gasteiger charge is -2.23. The van der Waals surface area contributed by atoms with Crippen LogP contribution in [0.5, 0.6) is 5.75 Å². The Hall–Kier alpha value is -3.42. The van der Waals surface area contributed by atoms with Gasteiger partial charge in [0, 0.05) is 29.4 Å². The number of anilines is 2. The van der Waals surface area contributed by atoms with Crippen LogP contribution in [0.1, 0.15) is 82.2 Å². The van der Waals surface area contributed by atoms with Gasteiger partial charge in [-0.1, -0.05) is 57.1 Å². The fourth-order valence-electron chi connectivity index (χ4n) is 5.27. The summed E-state index contributed by atoms with van der Waals surface area (Å²) in [5.41, 5.74) is 3.60. The lowest BCUT2D eigenvalue weighted by Crippen LogP contribution is -2.34. The smallest absolute Gasteiger partial charge is 0.227 e. The third kappa shape index (κ3) is 6.22. The minimum atomic E-state index is -0.0248. The number of aromatic nitrogens is 4. The van der Waals surface area contributed by atoms with E-state index in [-0.39, 0.29) is 17.9 Å². The third-order valence-electron chi connectivity index (χ3n) is 7.28. The molecule has 1 amide bonds. The minimum absolute atomic E-state index is 0.0248. The highest BCUT2D eigenvalue weighted by atomic mass is 16.5. The third-order valence-corrected chi connectivity index (χ3v) is 7.28. The molecule has 2 aliphatic rings. The number of hydrogen-bond acceptors (Lipinski definition) is 6. The second-order valence-electron chi connectivity index (χ2n) is 9.93. The van der Waals surface area contributed by atoms with Crippen molar-refractivity contribution in [1.82, 2.24) is 25.5 Å². The molecule has 1 aliphatic heterocycles. The van der Waals surface area contributed by atoms with Crippen molar-refractivity contribution in [2.24, 2.45) is 5.92 Å². The summed E-state index contributed by atoms with van der Waals surface area (Å²) >= 11 is 0. The molecule has 2 aromatic heterocycles. The summed E-state index contributed by atoms with van der Waals surface area (Å²) in [7, 11) is 0. The van der Waals surface area contributed by atoms with Crippen molar-refractivity contribution in [3.8, 4) is 17.0 Å². The maximum absolute atomic E-state index is 13.3. The van der Waals surface area contributed by atoms with Crippen molar-refractivity contribution < 1.29 is 9.53 Å². The molecule has 3 aromatic rings. The first-order valence-corrected chi connectivity index (χ1v) is 13.4. The maximum Gasteiger partial charge on any atom is 0.227 e. The second-order valence-corrected chi connectivity index (χ2v) is 9.93. The van der Waals surface area contributed by atoms with Crippen LogP contribution < -0.4 is 15.4 Å². The Morgan fingerprint density at radius 3 is 2.56 bits per heavy atom. The summed E-state index contributed by atoms with van der Waals surface area (Å²) < 4.78 is 6.13. The molecule has 5 rings (SSSR count). The van der Waals surface area contributed by atoms with E-state index in [0.29, 0.717) is 12.6 Å². The Morgan fingerprint density at radius 2 is 1.78 bits per heavy atom. The van der Waals surface area contributed by atoms with Gasteiger partial charge in [-0.15, -0.1) is 0 Å². The van der Waals surface area contributed by atoms with Gasteiger partial charge in [-0.05, 0) is 37.8 Å². The number of carbonyl (C=O) groups is 1. The quantitative estimate of drug-likeness (QED) is 0.402. The SMILES string of the molecule is O=C(NC1CCCOc2cc(-c3ccnc(Nc4cn[nH]c4)n3)ccc21)C1CCCCCCCCC1. The van der Waals surface area contributed by atoms with Crippen LogP contribution in [0.2, 0.25) is 0 Å². The number of benzene rings is 1. The van der Waals surface area contributed by atoms with Crippen LogP contribution in [0.4, 0.5) is 11.6 Å². The summed E-state index contributed by atoms with van der Waals surface area (Å²) in [6, 6.07) is 8.04. The largest absolute Gasteiger partial charge is 0.493 e. The number of aromatic amines is 1. The molecule has 0 spiro atoms. The zero-order valence-electron chi connectivity index (χ0n) is 20.8. The van der Waals surface area contributed by atoms with Crippen LogP contribution in [-0.4, -0.2) is 32.7 Å². The molecule has 0 saturated heterocycles. The Kier molecular flexibility index (Phi) is 8.10. The monoisotopic (exact) mass is 488 g/mol. The summed E-state index contributed by atoms with van der Waals surface area (Å²) in [6.45, 7) is 0.642.